The fourth-order valence-electron chi connectivity index (χ4n) is 0.0830. The minimum atomic E-state index is -1.07. The summed E-state index contributed by atoms with van der Waals surface area (Å²) >= 11 is 5.03. The van der Waals surface area contributed by atoms with Gasteiger partial charge in [0.05, 0.1) is 0 Å². The van der Waals surface area contributed by atoms with Gasteiger partial charge in [0.25, 0.3) is 0 Å². The van der Waals surface area contributed by atoms with E-state index < -0.39 is 5.38 Å². The average Bonchev–Trinajstić information content (AvgIpc) is 1.65. The third-order valence-corrected chi connectivity index (χ3v) is 0.857. The topological polar surface area (TPSA) is 34.1 Å². The monoisotopic (exact) mass is 119 g/mol. The molecule has 0 saturated heterocycles. The Kier molecular flexibility index (Phi) is 2.60. The van der Waals surface area contributed by atoms with Gasteiger partial charge in [-0.15, -0.1) is 11.6 Å². The van der Waals surface area contributed by atoms with E-state index in [1.807, 2.05) is 0 Å². The summed E-state index contributed by atoms with van der Waals surface area (Å²) in [5.41, 5.74) is 0. The first-order valence-corrected chi connectivity index (χ1v) is 2.14. The van der Waals surface area contributed by atoms with Crippen LogP contribution in [0.25, 0.3) is 0 Å². The van der Waals surface area contributed by atoms with Gasteiger partial charge < -0.3 is 0 Å². The molecule has 1 unspecified atom stereocenters. The van der Waals surface area contributed by atoms with Crippen molar-refractivity contribution in [2.75, 3.05) is 0 Å². The SMILES string of the molecule is CC(=O)C(Cl)[C]=O. The smallest absolute Gasteiger partial charge is 0.225 e. The lowest BCUT2D eigenvalue weighted by Gasteiger charge is -1.85. The molecule has 0 fully saturated rings. The van der Waals surface area contributed by atoms with E-state index in [-0.39, 0.29) is 5.78 Å². The highest BCUT2D eigenvalue weighted by molar-refractivity contribution is 6.38. The van der Waals surface area contributed by atoms with Gasteiger partial charge >= 0.3 is 0 Å². The summed E-state index contributed by atoms with van der Waals surface area (Å²) in [6.45, 7) is 1.24. The minimum absolute atomic E-state index is 0.364. The predicted molar refractivity (Wildman–Crippen MR) is 26.0 cm³/mol. The molecule has 7 heavy (non-hydrogen) atoms. The quantitative estimate of drug-likeness (QED) is 0.387. The molecule has 0 bridgehead atoms. The Hall–Kier alpha value is -0.370. The van der Waals surface area contributed by atoms with Crippen molar-refractivity contribution in [3.8, 4) is 0 Å². The number of rotatable bonds is 2. The first kappa shape index (κ1) is 6.63. The van der Waals surface area contributed by atoms with Gasteiger partial charge in [0, 0.05) is 0 Å². The van der Waals surface area contributed by atoms with E-state index in [1.165, 1.54) is 13.2 Å². The molecule has 0 aromatic carbocycles. The molecule has 0 heterocycles. The van der Waals surface area contributed by atoms with E-state index in [9.17, 15) is 9.59 Å². The van der Waals surface area contributed by atoms with Crippen molar-refractivity contribution in [2.24, 2.45) is 0 Å². The maximum absolute atomic E-state index is 9.98. The van der Waals surface area contributed by atoms with Gasteiger partial charge in [-0.05, 0) is 6.92 Å². The number of carbonyl (C=O) groups excluding carboxylic acids is 2. The van der Waals surface area contributed by atoms with Crippen molar-refractivity contribution < 1.29 is 9.59 Å². The molecule has 1 radical (unpaired) electrons. The lowest BCUT2D eigenvalue weighted by Crippen LogP contribution is -2.10. The fourth-order valence-corrected chi connectivity index (χ4v) is 0.0830. The van der Waals surface area contributed by atoms with Gasteiger partial charge in [0.1, 0.15) is 0 Å². The second kappa shape index (κ2) is 2.75. The van der Waals surface area contributed by atoms with Crippen molar-refractivity contribution in [3.63, 3.8) is 0 Å². The standard InChI is InChI=1S/C4H4ClO2/c1-3(7)4(5)2-6/h4H,1H3. The molecule has 0 aromatic rings. The van der Waals surface area contributed by atoms with E-state index in [2.05, 4.69) is 0 Å². The van der Waals surface area contributed by atoms with Crippen LogP contribution in [0.1, 0.15) is 6.92 Å². The number of hydrogen-bond donors (Lipinski definition) is 0. The molecule has 0 saturated carbocycles. The number of carbonyl (C=O) groups is 1. The Bertz CT molecular complexity index is 89.7. The number of halogens is 1. The highest BCUT2D eigenvalue weighted by Crippen LogP contribution is 1.89. The summed E-state index contributed by atoms with van der Waals surface area (Å²) in [5, 5.41) is -1.07. The zero-order valence-electron chi connectivity index (χ0n) is 3.77. The number of ketones is 1. The summed E-state index contributed by atoms with van der Waals surface area (Å²) < 4.78 is 0. The summed E-state index contributed by atoms with van der Waals surface area (Å²) in [5.74, 6) is -0.364. The molecule has 0 spiro atoms. The molecule has 1 atom stereocenters. The Morgan fingerprint density at radius 3 is 2.29 bits per heavy atom. The summed E-state index contributed by atoms with van der Waals surface area (Å²) in [6.07, 6.45) is 1.33. The largest absolute Gasteiger partial charge is 0.298 e. The van der Waals surface area contributed by atoms with Gasteiger partial charge in [-0.1, -0.05) is 0 Å². The van der Waals surface area contributed by atoms with Crippen LogP contribution >= 0.6 is 11.6 Å². The maximum atomic E-state index is 9.98. The van der Waals surface area contributed by atoms with Gasteiger partial charge in [-0.2, -0.15) is 0 Å². The highest BCUT2D eigenvalue weighted by atomic mass is 35.5. The van der Waals surface area contributed by atoms with Gasteiger partial charge in [-0.3, -0.25) is 9.59 Å². The second-order valence-corrected chi connectivity index (χ2v) is 1.53. The van der Waals surface area contributed by atoms with Crippen LogP contribution in [0.5, 0.6) is 0 Å². The minimum Gasteiger partial charge on any atom is -0.298 e. The van der Waals surface area contributed by atoms with E-state index in [4.69, 9.17) is 11.6 Å². The molecule has 3 heteroatoms. The fraction of sp³-hybridized carbons (Fsp3) is 0.500. The van der Waals surface area contributed by atoms with Crippen LogP contribution in [0.4, 0.5) is 0 Å². The third kappa shape index (κ3) is 2.34. The van der Waals surface area contributed by atoms with Crippen molar-refractivity contribution in [2.45, 2.75) is 12.3 Å². The van der Waals surface area contributed by atoms with E-state index in [1.54, 1.807) is 0 Å². The lowest BCUT2D eigenvalue weighted by atomic mass is 10.3. The Morgan fingerprint density at radius 1 is 1.86 bits per heavy atom. The van der Waals surface area contributed by atoms with Crippen LogP contribution in [-0.4, -0.2) is 17.4 Å². The van der Waals surface area contributed by atoms with Crippen molar-refractivity contribution in [1.29, 1.82) is 0 Å². The summed E-state index contributed by atoms with van der Waals surface area (Å²) in [7, 11) is 0. The van der Waals surface area contributed by atoms with Crippen molar-refractivity contribution in [1.82, 2.24) is 0 Å². The Labute approximate surface area is 46.5 Å². The van der Waals surface area contributed by atoms with Crippen molar-refractivity contribution >= 4 is 23.7 Å². The normalized spacial score (nSPS) is 12.9. The van der Waals surface area contributed by atoms with Crippen LogP contribution < -0.4 is 0 Å². The van der Waals surface area contributed by atoms with E-state index in [0.29, 0.717) is 0 Å². The molecule has 0 aliphatic carbocycles. The van der Waals surface area contributed by atoms with Crippen LogP contribution in [0.3, 0.4) is 0 Å². The van der Waals surface area contributed by atoms with E-state index in [0.717, 1.165) is 0 Å². The van der Waals surface area contributed by atoms with Crippen LogP contribution in [0.15, 0.2) is 0 Å². The first-order chi connectivity index (χ1) is 3.18. The van der Waals surface area contributed by atoms with Gasteiger partial charge in [0.2, 0.25) is 6.29 Å². The highest BCUT2D eigenvalue weighted by Gasteiger charge is 2.06. The zero-order chi connectivity index (χ0) is 5.86. The number of alkyl halides is 1. The second-order valence-electron chi connectivity index (χ2n) is 1.09. The Morgan fingerprint density at radius 2 is 2.29 bits per heavy atom. The molecule has 0 amide bonds. The van der Waals surface area contributed by atoms with Crippen LogP contribution in [-0.2, 0) is 9.59 Å². The molecule has 2 nitrogen and oxygen atoms in total. The molecule has 0 aliphatic rings. The van der Waals surface area contributed by atoms with Gasteiger partial charge in [0.15, 0.2) is 11.2 Å². The summed E-state index contributed by atoms with van der Waals surface area (Å²) in [6, 6.07) is 0. The molecular formula is C4H4ClO2. The molecule has 0 aliphatic heterocycles. The average molecular weight is 120 g/mol. The summed E-state index contributed by atoms with van der Waals surface area (Å²) in [4.78, 5) is 19.4. The predicted octanol–water partition coefficient (Wildman–Crippen LogP) is 0.292. The van der Waals surface area contributed by atoms with E-state index >= 15 is 0 Å². The number of hydrogen-bond acceptors (Lipinski definition) is 2. The molecule has 0 aromatic heterocycles. The zero-order valence-corrected chi connectivity index (χ0v) is 4.53. The van der Waals surface area contributed by atoms with Crippen molar-refractivity contribution in [3.05, 3.63) is 0 Å². The first-order valence-electron chi connectivity index (χ1n) is 1.70. The molecular weight excluding hydrogens is 115 g/mol. The third-order valence-electron chi connectivity index (χ3n) is 0.460. The number of Topliss-reactive ketones (excluding diaryl/α,β-unsaturated/α-hetero) is 1. The van der Waals surface area contributed by atoms with Gasteiger partial charge in [-0.25, -0.2) is 0 Å². The maximum Gasteiger partial charge on any atom is 0.225 e. The van der Waals surface area contributed by atoms with Crippen LogP contribution in [0.2, 0.25) is 0 Å². The molecule has 39 valence electrons. The Balaban J connectivity index is 3.55. The molecule has 0 rings (SSSR count). The molecule has 0 N–H and O–H groups in total. The lowest BCUT2D eigenvalue weighted by molar-refractivity contribution is -0.115. The van der Waals surface area contributed by atoms with Crippen LogP contribution in [0, 0.1) is 0 Å².